The number of aryl methyl sites for hydroxylation is 1. The Bertz CT molecular complexity index is 292. The Balaban J connectivity index is 3.27. The van der Waals surface area contributed by atoms with Crippen molar-refractivity contribution in [3.63, 3.8) is 0 Å². The zero-order valence-corrected chi connectivity index (χ0v) is 7.27. The molecule has 58 valence electrons. The van der Waals surface area contributed by atoms with Crippen molar-refractivity contribution in [2.75, 3.05) is 0 Å². The van der Waals surface area contributed by atoms with Gasteiger partial charge in [-0.3, -0.25) is 4.79 Å². The first-order chi connectivity index (χ1) is 5.13. The van der Waals surface area contributed by atoms with Crippen LogP contribution in [-0.4, -0.2) is 5.24 Å². The Morgan fingerprint density at radius 3 is 2.45 bits per heavy atom. The van der Waals surface area contributed by atoms with Gasteiger partial charge in [0.25, 0.3) is 5.24 Å². The smallest absolute Gasteiger partial charge is 0.252 e. The molecule has 0 aliphatic carbocycles. The molecule has 1 aromatic rings. The van der Waals surface area contributed by atoms with E-state index in [2.05, 4.69) is 0 Å². The lowest BCUT2D eigenvalue weighted by atomic mass is 10.0. The van der Waals surface area contributed by atoms with Gasteiger partial charge in [-0.2, -0.15) is 0 Å². The van der Waals surface area contributed by atoms with Crippen molar-refractivity contribution in [3.8, 4) is 0 Å². The number of hydrogen-bond donors (Lipinski definition) is 0. The average molecular weight is 169 g/mol. The topological polar surface area (TPSA) is 17.1 Å². The molecule has 0 amide bonds. The third-order valence-electron chi connectivity index (χ3n) is 1.82. The van der Waals surface area contributed by atoms with Crippen LogP contribution in [-0.2, 0) is 0 Å². The van der Waals surface area contributed by atoms with Crippen molar-refractivity contribution in [1.29, 1.82) is 0 Å². The summed E-state index contributed by atoms with van der Waals surface area (Å²) in [6.45, 7) is 3.85. The van der Waals surface area contributed by atoms with E-state index in [0.29, 0.717) is 5.56 Å². The van der Waals surface area contributed by atoms with E-state index in [1.807, 2.05) is 26.0 Å². The Morgan fingerprint density at radius 2 is 2.00 bits per heavy atom. The van der Waals surface area contributed by atoms with Gasteiger partial charge in [-0.1, -0.05) is 12.1 Å². The third kappa shape index (κ3) is 1.60. The van der Waals surface area contributed by atoms with Gasteiger partial charge >= 0.3 is 0 Å². The van der Waals surface area contributed by atoms with E-state index in [9.17, 15) is 4.79 Å². The second kappa shape index (κ2) is 3.05. The lowest BCUT2D eigenvalue weighted by Crippen LogP contribution is -1.94. The number of halogens is 1. The van der Waals surface area contributed by atoms with E-state index in [1.165, 1.54) is 0 Å². The van der Waals surface area contributed by atoms with E-state index in [4.69, 9.17) is 11.6 Å². The minimum atomic E-state index is -0.383. The van der Waals surface area contributed by atoms with Gasteiger partial charge in [0.2, 0.25) is 0 Å². The first-order valence-electron chi connectivity index (χ1n) is 3.39. The molecule has 0 saturated carbocycles. The quantitative estimate of drug-likeness (QED) is 0.590. The van der Waals surface area contributed by atoms with Crippen LogP contribution in [0, 0.1) is 13.8 Å². The van der Waals surface area contributed by atoms with E-state index >= 15 is 0 Å². The summed E-state index contributed by atoms with van der Waals surface area (Å²) >= 11 is 5.34. The van der Waals surface area contributed by atoms with Gasteiger partial charge in [-0.25, -0.2) is 0 Å². The van der Waals surface area contributed by atoms with Gasteiger partial charge in [-0.05, 0) is 42.6 Å². The molecule has 0 aliphatic heterocycles. The summed E-state index contributed by atoms with van der Waals surface area (Å²) < 4.78 is 0. The van der Waals surface area contributed by atoms with Gasteiger partial charge in [0, 0.05) is 5.56 Å². The van der Waals surface area contributed by atoms with Crippen molar-refractivity contribution < 1.29 is 4.79 Å². The number of hydrogen-bond acceptors (Lipinski definition) is 1. The monoisotopic (exact) mass is 168 g/mol. The lowest BCUT2D eigenvalue weighted by molar-refractivity contribution is 0.108. The van der Waals surface area contributed by atoms with Crippen LogP contribution in [0.4, 0.5) is 0 Å². The van der Waals surface area contributed by atoms with Crippen LogP contribution in [0.2, 0.25) is 0 Å². The summed E-state index contributed by atoms with van der Waals surface area (Å²) in [4.78, 5) is 10.8. The zero-order chi connectivity index (χ0) is 8.43. The summed E-state index contributed by atoms with van der Waals surface area (Å²) in [6.07, 6.45) is 0. The van der Waals surface area contributed by atoms with Crippen LogP contribution in [0.5, 0.6) is 0 Å². The molecule has 0 aromatic heterocycles. The van der Waals surface area contributed by atoms with Gasteiger partial charge in [0.1, 0.15) is 0 Å². The van der Waals surface area contributed by atoms with Crippen molar-refractivity contribution in [2.24, 2.45) is 0 Å². The molecule has 0 heterocycles. The second-order valence-electron chi connectivity index (χ2n) is 2.52. The molecule has 1 rings (SSSR count). The SMILES string of the molecule is Cc1cccc(C(=O)Cl)c1C. The Morgan fingerprint density at radius 1 is 1.36 bits per heavy atom. The van der Waals surface area contributed by atoms with E-state index in [0.717, 1.165) is 11.1 Å². The van der Waals surface area contributed by atoms with Gasteiger partial charge < -0.3 is 0 Å². The number of carbonyl (C=O) groups is 1. The molecular weight excluding hydrogens is 160 g/mol. The predicted octanol–water partition coefficient (Wildman–Crippen LogP) is 2.68. The molecule has 1 aromatic carbocycles. The first kappa shape index (κ1) is 8.28. The minimum absolute atomic E-state index is 0.383. The van der Waals surface area contributed by atoms with E-state index < -0.39 is 0 Å². The lowest BCUT2D eigenvalue weighted by Gasteiger charge is -2.02. The fourth-order valence-electron chi connectivity index (χ4n) is 0.964. The molecule has 0 aliphatic rings. The van der Waals surface area contributed by atoms with Crippen molar-refractivity contribution in [2.45, 2.75) is 13.8 Å². The molecule has 0 atom stereocenters. The van der Waals surface area contributed by atoms with Crippen LogP contribution >= 0.6 is 11.6 Å². The zero-order valence-electron chi connectivity index (χ0n) is 6.52. The summed E-state index contributed by atoms with van der Waals surface area (Å²) in [6, 6.07) is 5.52. The fraction of sp³-hybridized carbons (Fsp3) is 0.222. The first-order valence-corrected chi connectivity index (χ1v) is 3.77. The third-order valence-corrected chi connectivity index (χ3v) is 2.02. The summed E-state index contributed by atoms with van der Waals surface area (Å²) in [5.41, 5.74) is 2.66. The molecule has 0 saturated heterocycles. The molecule has 1 nitrogen and oxygen atoms in total. The summed E-state index contributed by atoms with van der Waals surface area (Å²) in [5, 5.41) is -0.383. The normalized spacial score (nSPS) is 9.73. The Hall–Kier alpha value is -0.820. The highest BCUT2D eigenvalue weighted by molar-refractivity contribution is 6.67. The van der Waals surface area contributed by atoms with Crippen LogP contribution < -0.4 is 0 Å². The summed E-state index contributed by atoms with van der Waals surface area (Å²) in [5.74, 6) is 0. The second-order valence-corrected chi connectivity index (χ2v) is 2.86. The van der Waals surface area contributed by atoms with Crippen molar-refractivity contribution >= 4 is 16.8 Å². The standard InChI is InChI=1S/C9H9ClO/c1-6-4-3-5-8(7(6)2)9(10)11/h3-5H,1-2H3. The maximum atomic E-state index is 10.8. The molecule has 2 heteroatoms. The Labute approximate surface area is 71.0 Å². The van der Waals surface area contributed by atoms with Gasteiger partial charge in [0.05, 0.1) is 0 Å². The minimum Gasteiger partial charge on any atom is -0.276 e. The highest BCUT2D eigenvalue weighted by Crippen LogP contribution is 2.14. The van der Waals surface area contributed by atoms with Crippen molar-refractivity contribution in [1.82, 2.24) is 0 Å². The molecule has 0 N–H and O–H groups in total. The predicted molar refractivity (Wildman–Crippen MR) is 46.1 cm³/mol. The van der Waals surface area contributed by atoms with Crippen molar-refractivity contribution in [3.05, 3.63) is 34.9 Å². The van der Waals surface area contributed by atoms with Gasteiger partial charge in [0.15, 0.2) is 0 Å². The number of benzene rings is 1. The number of rotatable bonds is 1. The molecule has 0 spiro atoms. The maximum absolute atomic E-state index is 10.8. The highest BCUT2D eigenvalue weighted by atomic mass is 35.5. The van der Waals surface area contributed by atoms with Crippen LogP contribution in [0.3, 0.4) is 0 Å². The molecule has 0 fully saturated rings. The largest absolute Gasteiger partial charge is 0.276 e. The molecule has 0 radical (unpaired) electrons. The van der Waals surface area contributed by atoms with Crippen LogP contribution in [0.15, 0.2) is 18.2 Å². The molecule has 0 bridgehead atoms. The Kier molecular flexibility index (Phi) is 2.30. The molecule has 0 unspecified atom stereocenters. The maximum Gasteiger partial charge on any atom is 0.252 e. The van der Waals surface area contributed by atoms with Crippen LogP contribution in [0.25, 0.3) is 0 Å². The van der Waals surface area contributed by atoms with Crippen LogP contribution in [0.1, 0.15) is 21.5 Å². The molecular formula is C9H9ClO. The van der Waals surface area contributed by atoms with E-state index in [1.54, 1.807) is 6.07 Å². The average Bonchev–Trinajstić information content (AvgIpc) is 1.94. The summed E-state index contributed by atoms with van der Waals surface area (Å²) in [7, 11) is 0. The molecule has 11 heavy (non-hydrogen) atoms. The van der Waals surface area contributed by atoms with Gasteiger partial charge in [-0.15, -0.1) is 0 Å². The van der Waals surface area contributed by atoms with E-state index in [-0.39, 0.29) is 5.24 Å². The highest BCUT2D eigenvalue weighted by Gasteiger charge is 2.05. The fourth-order valence-corrected chi connectivity index (χ4v) is 1.17. The number of carbonyl (C=O) groups excluding carboxylic acids is 1.